The fourth-order valence-corrected chi connectivity index (χ4v) is 6.15. The first kappa shape index (κ1) is 9.27. The normalized spacial score (nSPS) is 11.8. The minimum absolute atomic E-state index is 0.544. The molecule has 0 saturated heterocycles. The second kappa shape index (κ2) is 3.35. The Morgan fingerprint density at radius 2 is 1.06 bits per heavy atom. The van der Waals surface area contributed by atoms with E-state index in [0.717, 1.165) is 0 Å². The van der Waals surface area contributed by atoms with E-state index < -0.39 is 0 Å². The third-order valence-corrected chi connectivity index (χ3v) is 7.07. The van der Waals surface area contributed by atoms with Crippen LogP contribution in [0.5, 0.6) is 0 Å². The van der Waals surface area contributed by atoms with Crippen LogP contribution in [0, 0.1) is 0 Å². The van der Waals surface area contributed by atoms with E-state index in [4.69, 9.17) is 0 Å². The van der Waals surface area contributed by atoms with Gasteiger partial charge in [-0.3, -0.25) is 0 Å². The average molecular weight is 334 g/mol. The van der Waals surface area contributed by atoms with E-state index in [0.29, 0.717) is 29.0 Å². The van der Waals surface area contributed by atoms with Crippen LogP contribution in [0.15, 0.2) is 46.3 Å². The van der Waals surface area contributed by atoms with Crippen molar-refractivity contribution in [2.45, 2.75) is 0 Å². The third-order valence-electron chi connectivity index (χ3n) is 3.03. The maximum absolute atomic E-state index is 2.33. The summed E-state index contributed by atoms with van der Waals surface area (Å²) in [5.74, 6) is 0. The Labute approximate surface area is 105 Å². The zero-order chi connectivity index (χ0) is 10.5. The van der Waals surface area contributed by atoms with Crippen molar-refractivity contribution in [1.29, 1.82) is 0 Å². The van der Waals surface area contributed by atoms with Crippen LogP contribution in [0.25, 0.3) is 30.1 Å². The Balaban J connectivity index is 2.38. The molecule has 2 heterocycles. The van der Waals surface area contributed by atoms with E-state index in [1.807, 2.05) is 0 Å². The number of hydrogen-bond donors (Lipinski definition) is 0. The monoisotopic (exact) mass is 336 g/mol. The van der Waals surface area contributed by atoms with Crippen molar-refractivity contribution >= 4 is 59.1 Å². The fourth-order valence-electron chi connectivity index (χ4n) is 2.26. The summed E-state index contributed by atoms with van der Waals surface area (Å²) >= 11 is 1.09. The molecule has 0 N–H and O–H groups in total. The van der Waals surface area contributed by atoms with Crippen molar-refractivity contribution in [3.8, 4) is 0 Å². The molecule has 0 aliphatic heterocycles. The maximum atomic E-state index is 2.33. The predicted octanol–water partition coefficient (Wildman–Crippen LogP) is 3.26. The molecule has 2 heteroatoms. The van der Waals surface area contributed by atoms with Crippen molar-refractivity contribution in [1.82, 2.24) is 0 Å². The first-order chi connectivity index (χ1) is 7.93. The van der Waals surface area contributed by atoms with Crippen LogP contribution in [0.1, 0.15) is 0 Å². The van der Waals surface area contributed by atoms with Crippen molar-refractivity contribution in [2.24, 2.45) is 0 Å². The molecule has 0 nitrogen and oxygen atoms in total. The minimum atomic E-state index is 0.544. The molecule has 0 aliphatic carbocycles. The molecular formula is C14H8Se2. The summed E-state index contributed by atoms with van der Waals surface area (Å²) in [5.41, 5.74) is 0. The van der Waals surface area contributed by atoms with Crippen LogP contribution >= 0.6 is 0 Å². The summed E-state index contributed by atoms with van der Waals surface area (Å²) in [6.45, 7) is 0. The second-order valence-corrected chi connectivity index (χ2v) is 7.75. The van der Waals surface area contributed by atoms with Gasteiger partial charge in [-0.2, -0.15) is 0 Å². The Bertz CT molecular complexity index is 735. The molecule has 2 aromatic heterocycles. The first-order valence-corrected chi connectivity index (χ1v) is 8.89. The van der Waals surface area contributed by atoms with Crippen molar-refractivity contribution in [3.63, 3.8) is 0 Å². The SMILES string of the molecule is c1cc2ccc3c(ccc4cc[se]c43)c2[se]1. The van der Waals surface area contributed by atoms with Gasteiger partial charge in [0.1, 0.15) is 0 Å². The zero-order valence-corrected chi connectivity index (χ0v) is 11.9. The number of hydrogen-bond acceptors (Lipinski definition) is 0. The van der Waals surface area contributed by atoms with Gasteiger partial charge in [0.15, 0.2) is 0 Å². The quantitative estimate of drug-likeness (QED) is 0.433. The van der Waals surface area contributed by atoms with Crippen molar-refractivity contribution < 1.29 is 0 Å². The van der Waals surface area contributed by atoms with Crippen LogP contribution in [-0.2, 0) is 0 Å². The van der Waals surface area contributed by atoms with Crippen LogP contribution in [0.4, 0.5) is 0 Å². The average Bonchev–Trinajstić information content (AvgIpc) is 2.96. The molecule has 76 valence electrons. The van der Waals surface area contributed by atoms with Gasteiger partial charge in [0, 0.05) is 0 Å². The van der Waals surface area contributed by atoms with Gasteiger partial charge < -0.3 is 0 Å². The van der Waals surface area contributed by atoms with E-state index >= 15 is 0 Å². The molecule has 0 unspecified atom stereocenters. The fraction of sp³-hybridized carbons (Fsp3) is 0. The summed E-state index contributed by atoms with van der Waals surface area (Å²) in [6.07, 6.45) is 0. The molecule has 0 fully saturated rings. The van der Waals surface area contributed by atoms with E-state index in [1.54, 1.807) is 8.52 Å². The standard InChI is InChI=1S/C14H8Se2/c1-3-11-12(13-9(1)5-7-15-13)4-2-10-6-8-16-14(10)11/h1-8H. The molecule has 0 spiro atoms. The summed E-state index contributed by atoms with van der Waals surface area (Å²) < 4.78 is 3.16. The summed E-state index contributed by atoms with van der Waals surface area (Å²) in [5, 5.41) is 5.86. The predicted molar refractivity (Wildman–Crippen MR) is 72.8 cm³/mol. The summed E-state index contributed by atoms with van der Waals surface area (Å²) in [6, 6.07) is 13.7. The van der Waals surface area contributed by atoms with E-state index in [-0.39, 0.29) is 0 Å². The van der Waals surface area contributed by atoms with Gasteiger partial charge in [0.2, 0.25) is 0 Å². The van der Waals surface area contributed by atoms with Gasteiger partial charge in [0.05, 0.1) is 0 Å². The van der Waals surface area contributed by atoms with Crippen molar-refractivity contribution in [3.05, 3.63) is 46.3 Å². The Hall–Kier alpha value is -0.781. The van der Waals surface area contributed by atoms with Gasteiger partial charge in [-0.25, -0.2) is 0 Å². The van der Waals surface area contributed by atoms with E-state index in [2.05, 4.69) is 46.3 Å². The molecule has 2 aromatic carbocycles. The molecule has 0 bridgehead atoms. The Morgan fingerprint density at radius 1 is 0.562 bits per heavy atom. The zero-order valence-electron chi connectivity index (χ0n) is 8.44. The van der Waals surface area contributed by atoms with Gasteiger partial charge in [-0.15, -0.1) is 0 Å². The molecule has 4 aromatic rings. The van der Waals surface area contributed by atoms with Crippen molar-refractivity contribution in [2.75, 3.05) is 0 Å². The topological polar surface area (TPSA) is 0 Å². The molecule has 16 heavy (non-hydrogen) atoms. The summed E-state index contributed by atoms with van der Waals surface area (Å²) in [4.78, 5) is 4.65. The van der Waals surface area contributed by atoms with E-state index in [1.165, 1.54) is 21.5 Å². The van der Waals surface area contributed by atoms with Crippen LogP contribution in [0.2, 0.25) is 0 Å². The number of benzene rings is 2. The number of rotatable bonds is 0. The van der Waals surface area contributed by atoms with Gasteiger partial charge in [-0.05, 0) is 0 Å². The third kappa shape index (κ3) is 1.16. The summed E-state index contributed by atoms with van der Waals surface area (Å²) in [7, 11) is 0. The van der Waals surface area contributed by atoms with Crippen LogP contribution < -0.4 is 0 Å². The second-order valence-electron chi connectivity index (χ2n) is 3.90. The molecular weight excluding hydrogens is 326 g/mol. The molecule has 0 aliphatic rings. The molecule has 4 rings (SSSR count). The van der Waals surface area contributed by atoms with E-state index in [9.17, 15) is 0 Å². The Kier molecular flexibility index (Phi) is 1.94. The molecule has 0 atom stereocenters. The first-order valence-electron chi connectivity index (χ1n) is 5.20. The van der Waals surface area contributed by atoms with Crippen LogP contribution in [0.3, 0.4) is 0 Å². The molecule has 0 amide bonds. The van der Waals surface area contributed by atoms with Gasteiger partial charge >= 0.3 is 105 Å². The Morgan fingerprint density at radius 3 is 1.56 bits per heavy atom. The molecule has 0 radical (unpaired) electrons. The van der Waals surface area contributed by atoms with Gasteiger partial charge in [-0.1, -0.05) is 0 Å². The van der Waals surface area contributed by atoms with Gasteiger partial charge in [0.25, 0.3) is 0 Å². The number of fused-ring (bicyclic) bond motifs is 5. The van der Waals surface area contributed by atoms with Crippen LogP contribution in [-0.4, -0.2) is 29.0 Å². The molecule has 0 saturated carbocycles.